The third-order valence-corrected chi connectivity index (χ3v) is 3.57. The van der Waals surface area contributed by atoms with Crippen molar-refractivity contribution >= 4 is 33.5 Å². The number of carbonyl (C=O) groups is 2. The van der Waals surface area contributed by atoms with Crippen molar-refractivity contribution in [2.75, 3.05) is 0 Å². The summed E-state index contributed by atoms with van der Waals surface area (Å²) in [7, 11) is 0. The lowest BCUT2D eigenvalue weighted by Crippen LogP contribution is -2.14. The van der Waals surface area contributed by atoms with E-state index in [0.717, 1.165) is 21.8 Å². The van der Waals surface area contributed by atoms with E-state index in [1.807, 2.05) is 48.5 Å². The smallest absolute Gasteiger partial charge is 0.239 e. The quantitative estimate of drug-likeness (QED) is 0.675. The van der Waals surface area contributed by atoms with Crippen LogP contribution >= 0.6 is 0 Å². The molecule has 3 heteroatoms. The van der Waals surface area contributed by atoms with E-state index in [-0.39, 0.29) is 18.1 Å². The molecule has 3 nitrogen and oxygen atoms in total. The summed E-state index contributed by atoms with van der Waals surface area (Å²) >= 11 is 0. The summed E-state index contributed by atoms with van der Waals surface area (Å²) in [6, 6.07) is 15.6. The molecule has 0 aliphatic heterocycles. The van der Waals surface area contributed by atoms with Gasteiger partial charge in [-0.3, -0.25) is 14.2 Å². The predicted octanol–water partition coefficient (Wildman–Crippen LogP) is 3.80. The van der Waals surface area contributed by atoms with Gasteiger partial charge in [0.15, 0.2) is 0 Å². The molecule has 3 rings (SSSR count). The molecule has 0 saturated heterocycles. The molecule has 0 amide bonds. The van der Waals surface area contributed by atoms with Crippen LogP contribution in [0.5, 0.6) is 0 Å². The molecule has 0 aliphatic rings. The van der Waals surface area contributed by atoms with Gasteiger partial charge in [-0.05, 0) is 12.1 Å². The maximum absolute atomic E-state index is 12.4. The lowest BCUT2D eigenvalue weighted by atomic mass is 10.2. The number of aromatic nitrogens is 1. The van der Waals surface area contributed by atoms with Gasteiger partial charge < -0.3 is 0 Å². The summed E-state index contributed by atoms with van der Waals surface area (Å²) in [5.41, 5.74) is 1.73. The number of nitrogens with zero attached hydrogens (tertiary/aromatic N) is 1. The normalized spacial score (nSPS) is 11.1. The highest BCUT2D eigenvalue weighted by Gasteiger charge is 2.17. The lowest BCUT2D eigenvalue weighted by Gasteiger charge is -2.04. The Kier molecular flexibility index (Phi) is 3.11. The van der Waals surface area contributed by atoms with Crippen molar-refractivity contribution in [3.63, 3.8) is 0 Å². The Labute approximate surface area is 116 Å². The van der Waals surface area contributed by atoms with Crippen molar-refractivity contribution in [1.29, 1.82) is 0 Å². The number of para-hydroxylation sites is 2. The molecular formula is C17H15NO2. The Balaban J connectivity index is 2.26. The van der Waals surface area contributed by atoms with Gasteiger partial charge in [-0.2, -0.15) is 0 Å². The maximum Gasteiger partial charge on any atom is 0.239 e. The van der Waals surface area contributed by atoms with Crippen LogP contribution in [0.2, 0.25) is 0 Å². The highest BCUT2D eigenvalue weighted by atomic mass is 16.2. The summed E-state index contributed by atoms with van der Waals surface area (Å²) in [5, 5.41) is 2.08. The molecule has 3 aromatic rings. The van der Waals surface area contributed by atoms with Gasteiger partial charge in [-0.1, -0.05) is 43.3 Å². The number of ketones is 1. The van der Waals surface area contributed by atoms with Crippen LogP contribution in [0.4, 0.5) is 0 Å². The van der Waals surface area contributed by atoms with Crippen LogP contribution in [-0.4, -0.2) is 16.3 Å². The molecule has 2 aromatic carbocycles. The van der Waals surface area contributed by atoms with Crippen LogP contribution in [0.15, 0.2) is 48.5 Å². The third kappa shape index (κ3) is 1.92. The molecule has 0 saturated carbocycles. The number of rotatable bonds is 3. The van der Waals surface area contributed by atoms with Gasteiger partial charge >= 0.3 is 0 Å². The van der Waals surface area contributed by atoms with Gasteiger partial charge in [-0.15, -0.1) is 0 Å². The summed E-state index contributed by atoms with van der Waals surface area (Å²) in [6.45, 7) is 1.78. The molecule has 0 spiro atoms. The van der Waals surface area contributed by atoms with E-state index in [9.17, 15) is 9.59 Å². The highest BCUT2D eigenvalue weighted by Crippen LogP contribution is 2.28. The molecular weight excluding hydrogens is 250 g/mol. The largest absolute Gasteiger partial charge is 0.299 e. The molecule has 0 bridgehead atoms. The first-order chi connectivity index (χ1) is 9.72. The van der Waals surface area contributed by atoms with E-state index in [0.29, 0.717) is 6.42 Å². The van der Waals surface area contributed by atoms with Gasteiger partial charge in [-0.25, -0.2) is 0 Å². The monoisotopic (exact) mass is 265 g/mol. The molecule has 0 atom stereocenters. The van der Waals surface area contributed by atoms with Crippen LogP contribution in [0.1, 0.15) is 24.6 Å². The molecule has 20 heavy (non-hydrogen) atoms. The molecule has 1 aromatic heterocycles. The fourth-order valence-electron chi connectivity index (χ4n) is 2.56. The van der Waals surface area contributed by atoms with Crippen molar-refractivity contribution in [2.45, 2.75) is 19.8 Å². The van der Waals surface area contributed by atoms with Gasteiger partial charge in [0.25, 0.3) is 0 Å². The molecule has 0 radical (unpaired) electrons. The van der Waals surface area contributed by atoms with E-state index < -0.39 is 0 Å². The van der Waals surface area contributed by atoms with E-state index in [2.05, 4.69) is 0 Å². The summed E-state index contributed by atoms with van der Waals surface area (Å²) < 4.78 is 1.66. The molecule has 0 fully saturated rings. The predicted molar refractivity (Wildman–Crippen MR) is 80.0 cm³/mol. The molecule has 1 heterocycles. The summed E-state index contributed by atoms with van der Waals surface area (Å²) in [5.74, 6) is -0.189. The number of Topliss-reactive ketones (excluding diaryl/α,β-unsaturated/α-hetero) is 1. The van der Waals surface area contributed by atoms with Gasteiger partial charge in [0, 0.05) is 17.2 Å². The molecule has 0 N–H and O–H groups in total. The second kappa shape index (κ2) is 4.93. The zero-order valence-corrected chi connectivity index (χ0v) is 11.3. The number of benzene rings is 2. The van der Waals surface area contributed by atoms with Crippen molar-refractivity contribution in [1.82, 2.24) is 4.57 Å². The van der Waals surface area contributed by atoms with Crippen molar-refractivity contribution in [3.8, 4) is 0 Å². The minimum absolute atomic E-state index is 0.0307. The molecule has 0 unspecified atom stereocenters. The van der Waals surface area contributed by atoms with E-state index in [1.54, 1.807) is 11.5 Å². The Bertz CT molecular complexity index is 761. The first-order valence-corrected chi connectivity index (χ1v) is 6.75. The van der Waals surface area contributed by atoms with Gasteiger partial charge in [0.2, 0.25) is 5.91 Å². The zero-order valence-electron chi connectivity index (χ0n) is 11.3. The topological polar surface area (TPSA) is 39.1 Å². The average Bonchev–Trinajstić information content (AvgIpc) is 2.81. The Hall–Kier alpha value is -2.42. The van der Waals surface area contributed by atoms with Crippen molar-refractivity contribution in [2.24, 2.45) is 0 Å². The Morgan fingerprint density at radius 2 is 1.40 bits per heavy atom. The van der Waals surface area contributed by atoms with Crippen molar-refractivity contribution in [3.05, 3.63) is 48.5 Å². The van der Waals surface area contributed by atoms with Crippen LogP contribution in [0, 0.1) is 0 Å². The number of hydrogen-bond acceptors (Lipinski definition) is 2. The van der Waals surface area contributed by atoms with E-state index in [4.69, 9.17) is 0 Å². The maximum atomic E-state index is 12.4. The standard InChI is InChI=1S/C17H15NO2/c1-2-12(19)11-17(20)18-15-9-5-3-7-13(15)14-8-4-6-10-16(14)18/h3-10H,2,11H2,1H3. The Morgan fingerprint density at radius 3 is 1.90 bits per heavy atom. The second-order valence-corrected chi connectivity index (χ2v) is 4.83. The fourth-order valence-corrected chi connectivity index (χ4v) is 2.56. The van der Waals surface area contributed by atoms with Gasteiger partial charge in [0.1, 0.15) is 5.78 Å². The Morgan fingerprint density at radius 1 is 0.900 bits per heavy atom. The highest BCUT2D eigenvalue weighted by molar-refractivity contribution is 6.15. The molecule has 100 valence electrons. The fraction of sp³-hybridized carbons (Fsp3) is 0.176. The number of fused-ring (bicyclic) bond motifs is 3. The minimum Gasteiger partial charge on any atom is -0.299 e. The second-order valence-electron chi connectivity index (χ2n) is 4.83. The van der Waals surface area contributed by atoms with Gasteiger partial charge in [0.05, 0.1) is 17.5 Å². The summed E-state index contributed by atoms with van der Waals surface area (Å²) in [4.78, 5) is 24.0. The first kappa shape index (κ1) is 12.6. The third-order valence-electron chi connectivity index (χ3n) is 3.57. The zero-order chi connectivity index (χ0) is 14.1. The lowest BCUT2D eigenvalue weighted by molar-refractivity contribution is -0.118. The van der Waals surface area contributed by atoms with Crippen molar-refractivity contribution < 1.29 is 9.59 Å². The first-order valence-electron chi connectivity index (χ1n) is 6.75. The van der Waals surface area contributed by atoms with Crippen LogP contribution in [-0.2, 0) is 4.79 Å². The van der Waals surface area contributed by atoms with E-state index in [1.165, 1.54) is 0 Å². The average molecular weight is 265 g/mol. The van der Waals surface area contributed by atoms with Crippen LogP contribution in [0.25, 0.3) is 21.8 Å². The minimum atomic E-state index is -0.158. The SMILES string of the molecule is CCC(=O)CC(=O)n1c2ccccc2c2ccccc21. The summed E-state index contributed by atoms with van der Waals surface area (Å²) in [6.07, 6.45) is 0.349. The number of carbonyl (C=O) groups excluding carboxylic acids is 2. The number of hydrogen-bond donors (Lipinski definition) is 0. The van der Waals surface area contributed by atoms with Crippen LogP contribution < -0.4 is 0 Å². The van der Waals surface area contributed by atoms with Crippen LogP contribution in [0.3, 0.4) is 0 Å². The molecule has 0 aliphatic carbocycles. The van der Waals surface area contributed by atoms with E-state index >= 15 is 0 Å².